The molecule has 0 aliphatic carbocycles. The van der Waals surface area contributed by atoms with Crippen LogP contribution in [0.25, 0.3) is 11.0 Å². The standard InChI is InChI=1S/C17H18N4O3S/c1-4-11(17-18-8(2)9(3)25-17)19-14(22)10-5-6-12-13(7-10)21-16(24)15(23)20-12/h5-7,11H,4H2,1-3H3,(H,19,22)(H,20,23)(H,21,24)/t11-/m1/s1. The van der Waals surface area contributed by atoms with Crippen molar-refractivity contribution in [3.63, 3.8) is 0 Å². The zero-order valence-electron chi connectivity index (χ0n) is 14.1. The van der Waals surface area contributed by atoms with Crippen LogP contribution in [-0.4, -0.2) is 20.9 Å². The fourth-order valence-electron chi connectivity index (χ4n) is 2.48. The molecule has 3 rings (SSSR count). The Morgan fingerprint density at radius 2 is 1.88 bits per heavy atom. The first kappa shape index (κ1) is 17.1. The summed E-state index contributed by atoms with van der Waals surface area (Å²) in [6, 6.07) is 4.58. The first-order chi connectivity index (χ1) is 11.9. The van der Waals surface area contributed by atoms with Crippen LogP contribution in [0.1, 0.15) is 45.3 Å². The van der Waals surface area contributed by atoms with Crippen molar-refractivity contribution in [3.05, 3.63) is 60.0 Å². The summed E-state index contributed by atoms with van der Waals surface area (Å²) < 4.78 is 0. The largest absolute Gasteiger partial charge is 0.343 e. The summed E-state index contributed by atoms with van der Waals surface area (Å²) in [6.45, 7) is 5.94. The Morgan fingerprint density at radius 3 is 2.48 bits per heavy atom. The summed E-state index contributed by atoms with van der Waals surface area (Å²) in [5, 5.41) is 3.85. The lowest BCUT2D eigenvalue weighted by atomic mass is 10.1. The quantitative estimate of drug-likeness (QED) is 0.621. The van der Waals surface area contributed by atoms with Crippen molar-refractivity contribution in [1.82, 2.24) is 20.3 Å². The van der Waals surface area contributed by atoms with Gasteiger partial charge in [0.25, 0.3) is 5.91 Å². The van der Waals surface area contributed by atoms with Crippen molar-refractivity contribution >= 4 is 28.3 Å². The molecule has 7 nitrogen and oxygen atoms in total. The first-order valence-corrected chi connectivity index (χ1v) is 8.72. The highest BCUT2D eigenvalue weighted by atomic mass is 32.1. The topological polar surface area (TPSA) is 108 Å². The fraction of sp³-hybridized carbons (Fsp3) is 0.294. The van der Waals surface area contributed by atoms with Crippen molar-refractivity contribution in [2.75, 3.05) is 0 Å². The number of nitrogens with zero attached hydrogens (tertiary/aromatic N) is 1. The molecule has 0 spiro atoms. The van der Waals surface area contributed by atoms with Gasteiger partial charge in [-0.3, -0.25) is 14.4 Å². The van der Waals surface area contributed by atoms with Crippen LogP contribution >= 0.6 is 11.3 Å². The van der Waals surface area contributed by atoms with Crippen LogP contribution in [0.4, 0.5) is 0 Å². The van der Waals surface area contributed by atoms with E-state index >= 15 is 0 Å². The smallest absolute Gasteiger partial charge is 0.314 e. The molecule has 25 heavy (non-hydrogen) atoms. The lowest BCUT2D eigenvalue weighted by Crippen LogP contribution is -2.30. The number of aryl methyl sites for hydroxylation is 2. The van der Waals surface area contributed by atoms with Crippen LogP contribution < -0.4 is 16.4 Å². The summed E-state index contributed by atoms with van der Waals surface area (Å²) in [4.78, 5) is 46.0. The molecule has 130 valence electrons. The molecule has 0 aliphatic rings. The predicted molar refractivity (Wildman–Crippen MR) is 97.3 cm³/mol. The summed E-state index contributed by atoms with van der Waals surface area (Å²) in [5.41, 5.74) is 0.791. The molecule has 3 N–H and O–H groups in total. The monoisotopic (exact) mass is 358 g/mol. The van der Waals surface area contributed by atoms with E-state index in [1.807, 2.05) is 20.8 Å². The van der Waals surface area contributed by atoms with E-state index in [2.05, 4.69) is 20.3 Å². The normalized spacial score (nSPS) is 12.3. The van der Waals surface area contributed by atoms with Crippen molar-refractivity contribution in [1.29, 1.82) is 0 Å². The van der Waals surface area contributed by atoms with Crippen molar-refractivity contribution in [2.24, 2.45) is 0 Å². The molecule has 0 fully saturated rings. The number of benzene rings is 1. The maximum absolute atomic E-state index is 12.6. The van der Waals surface area contributed by atoms with E-state index in [0.29, 0.717) is 16.6 Å². The Bertz CT molecular complexity index is 1040. The van der Waals surface area contributed by atoms with Gasteiger partial charge in [-0.15, -0.1) is 11.3 Å². The van der Waals surface area contributed by atoms with Gasteiger partial charge in [0.15, 0.2) is 0 Å². The van der Waals surface area contributed by atoms with Crippen molar-refractivity contribution in [3.8, 4) is 0 Å². The second-order valence-corrected chi connectivity index (χ2v) is 7.03. The molecule has 0 bridgehead atoms. The predicted octanol–water partition coefficient (Wildman–Crippen LogP) is 2.17. The third-order valence-electron chi connectivity index (χ3n) is 4.04. The highest BCUT2D eigenvalue weighted by Gasteiger charge is 2.18. The van der Waals surface area contributed by atoms with E-state index < -0.39 is 11.1 Å². The van der Waals surface area contributed by atoms with Crippen LogP contribution in [0.5, 0.6) is 0 Å². The highest BCUT2D eigenvalue weighted by molar-refractivity contribution is 7.11. The lowest BCUT2D eigenvalue weighted by molar-refractivity contribution is 0.0935. The zero-order chi connectivity index (χ0) is 18.1. The van der Waals surface area contributed by atoms with Gasteiger partial charge in [0.1, 0.15) is 5.01 Å². The van der Waals surface area contributed by atoms with Crippen molar-refractivity contribution < 1.29 is 4.79 Å². The van der Waals surface area contributed by atoms with Gasteiger partial charge in [-0.05, 0) is 38.5 Å². The number of thiazole rings is 1. The Morgan fingerprint density at radius 1 is 1.20 bits per heavy atom. The van der Waals surface area contributed by atoms with E-state index in [1.54, 1.807) is 29.5 Å². The second kappa shape index (κ2) is 6.64. The molecule has 0 radical (unpaired) electrons. The number of hydrogen-bond donors (Lipinski definition) is 3. The van der Waals surface area contributed by atoms with E-state index in [-0.39, 0.29) is 11.9 Å². The minimum atomic E-state index is -0.745. The molecule has 1 amide bonds. The Balaban J connectivity index is 1.89. The van der Waals surface area contributed by atoms with Crippen LogP contribution in [0, 0.1) is 13.8 Å². The third kappa shape index (κ3) is 3.39. The molecular formula is C17H18N4O3S. The van der Waals surface area contributed by atoms with E-state index in [0.717, 1.165) is 22.0 Å². The number of aromatic amines is 2. The molecule has 0 saturated heterocycles. The van der Waals surface area contributed by atoms with Gasteiger partial charge in [-0.2, -0.15) is 0 Å². The van der Waals surface area contributed by atoms with Gasteiger partial charge in [-0.1, -0.05) is 6.92 Å². The number of aromatic nitrogens is 3. The molecule has 1 atom stereocenters. The number of carbonyl (C=O) groups is 1. The van der Waals surface area contributed by atoms with Crippen LogP contribution in [0.15, 0.2) is 27.8 Å². The van der Waals surface area contributed by atoms with Gasteiger partial charge in [-0.25, -0.2) is 4.98 Å². The number of hydrogen-bond acceptors (Lipinski definition) is 5. The second-order valence-electron chi connectivity index (χ2n) is 5.80. The van der Waals surface area contributed by atoms with Crippen LogP contribution in [0.2, 0.25) is 0 Å². The number of rotatable bonds is 4. The maximum Gasteiger partial charge on any atom is 0.314 e. The molecule has 0 saturated carbocycles. The van der Waals surface area contributed by atoms with Gasteiger partial charge >= 0.3 is 11.1 Å². The van der Waals surface area contributed by atoms with Crippen molar-refractivity contribution in [2.45, 2.75) is 33.2 Å². The number of carbonyl (C=O) groups excluding carboxylic acids is 1. The lowest BCUT2D eigenvalue weighted by Gasteiger charge is -2.14. The Kier molecular flexibility index (Phi) is 4.54. The van der Waals surface area contributed by atoms with Crippen LogP contribution in [0.3, 0.4) is 0 Å². The minimum absolute atomic E-state index is 0.171. The molecular weight excluding hydrogens is 340 g/mol. The summed E-state index contributed by atoms with van der Waals surface area (Å²) in [6.07, 6.45) is 0.718. The molecule has 8 heteroatoms. The van der Waals surface area contributed by atoms with Gasteiger partial charge < -0.3 is 15.3 Å². The van der Waals surface area contributed by atoms with E-state index in [1.165, 1.54) is 0 Å². The van der Waals surface area contributed by atoms with E-state index in [9.17, 15) is 14.4 Å². The molecule has 2 heterocycles. The highest BCUT2D eigenvalue weighted by Crippen LogP contribution is 2.25. The molecule has 1 aromatic carbocycles. The van der Waals surface area contributed by atoms with Gasteiger partial charge in [0.2, 0.25) is 0 Å². The average Bonchev–Trinajstić information content (AvgIpc) is 2.92. The summed E-state index contributed by atoms with van der Waals surface area (Å²) >= 11 is 1.58. The first-order valence-electron chi connectivity index (χ1n) is 7.90. The third-order valence-corrected chi connectivity index (χ3v) is 5.23. The maximum atomic E-state index is 12.6. The Labute approximate surface area is 147 Å². The van der Waals surface area contributed by atoms with E-state index in [4.69, 9.17) is 0 Å². The summed E-state index contributed by atoms with van der Waals surface area (Å²) in [7, 11) is 0. The van der Waals surface area contributed by atoms with Gasteiger partial charge in [0.05, 0.1) is 22.8 Å². The molecule has 2 aromatic heterocycles. The Hall–Kier alpha value is -2.74. The summed E-state index contributed by atoms with van der Waals surface area (Å²) in [5.74, 6) is -0.258. The molecule has 0 aliphatic heterocycles. The van der Waals surface area contributed by atoms with Gasteiger partial charge in [0, 0.05) is 10.4 Å². The number of amides is 1. The fourth-order valence-corrected chi connectivity index (χ4v) is 3.54. The van der Waals surface area contributed by atoms with Crippen LogP contribution in [-0.2, 0) is 0 Å². The average molecular weight is 358 g/mol. The number of fused-ring (bicyclic) bond motifs is 1. The number of H-pyrrole nitrogens is 2. The molecule has 3 aromatic rings. The molecule has 0 unspecified atom stereocenters. The number of nitrogens with one attached hydrogen (secondary N) is 3. The zero-order valence-corrected chi connectivity index (χ0v) is 14.9. The SMILES string of the molecule is CC[C@@H](NC(=O)c1ccc2[nH]c(=O)c(=O)[nH]c2c1)c1nc(C)c(C)s1. The minimum Gasteiger partial charge on any atom is -0.343 e.